The van der Waals surface area contributed by atoms with Gasteiger partial charge in [-0.1, -0.05) is 11.3 Å². The number of ether oxygens (including phenoxy) is 1. The van der Waals surface area contributed by atoms with Crippen molar-refractivity contribution >= 4 is 38.2 Å². The fourth-order valence-corrected chi connectivity index (χ4v) is 3.41. The minimum absolute atomic E-state index is 0.151. The summed E-state index contributed by atoms with van der Waals surface area (Å²) in [5.74, 6) is 0.356. The standard InChI is InChI=1S/C16H11N3O3S/c17-9-1-3-10(4-2-9)22-11-5-6-12-14(7-11)23-16-18-8-13(15(20)21)19(12)16/h1-8H,17H2,(H,20,21). The van der Waals surface area contributed by atoms with Gasteiger partial charge in [-0.3, -0.25) is 4.40 Å². The van der Waals surface area contributed by atoms with Crippen LogP contribution in [0.25, 0.3) is 15.2 Å². The molecule has 0 aliphatic rings. The summed E-state index contributed by atoms with van der Waals surface area (Å²) in [6.07, 6.45) is 1.37. The molecule has 23 heavy (non-hydrogen) atoms. The Labute approximate surface area is 134 Å². The highest BCUT2D eigenvalue weighted by Crippen LogP contribution is 2.32. The fraction of sp³-hybridized carbons (Fsp3) is 0. The summed E-state index contributed by atoms with van der Waals surface area (Å²) in [6.45, 7) is 0. The first-order chi connectivity index (χ1) is 11.1. The van der Waals surface area contributed by atoms with Crippen molar-refractivity contribution in [2.45, 2.75) is 0 Å². The van der Waals surface area contributed by atoms with E-state index < -0.39 is 5.97 Å². The van der Waals surface area contributed by atoms with Crippen molar-refractivity contribution in [1.29, 1.82) is 0 Å². The predicted molar refractivity (Wildman–Crippen MR) is 88.5 cm³/mol. The molecule has 0 saturated carbocycles. The van der Waals surface area contributed by atoms with Gasteiger partial charge in [0, 0.05) is 11.8 Å². The van der Waals surface area contributed by atoms with E-state index in [1.54, 1.807) is 34.7 Å². The van der Waals surface area contributed by atoms with Gasteiger partial charge < -0.3 is 15.6 Å². The molecule has 114 valence electrons. The summed E-state index contributed by atoms with van der Waals surface area (Å²) in [7, 11) is 0. The lowest BCUT2D eigenvalue weighted by Crippen LogP contribution is -2.00. The number of benzene rings is 2. The van der Waals surface area contributed by atoms with Gasteiger partial charge in [-0.2, -0.15) is 0 Å². The zero-order valence-electron chi connectivity index (χ0n) is 11.8. The number of carboxylic acid groups (broad SMARTS) is 1. The van der Waals surface area contributed by atoms with Gasteiger partial charge in [0.15, 0.2) is 10.7 Å². The summed E-state index contributed by atoms with van der Waals surface area (Å²) >= 11 is 1.42. The van der Waals surface area contributed by atoms with E-state index in [2.05, 4.69) is 4.98 Å². The second kappa shape index (κ2) is 4.99. The van der Waals surface area contributed by atoms with E-state index in [-0.39, 0.29) is 5.69 Å². The highest BCUT2D eigenvalue weighted by Gasteiger charge is 2.15. The molecule has 2 aromatic carbocycles. The molecule has 0 spiro atoms. The van der Waals surface area contributed by atoms with Crippen molar-refractivity contribution in [3.05, 3.63) is 54.4 Å². The molecule has 0 atom stereocenters. The summed E-state index contributed by atoms with van der Waals surface area (Å²) in [4.78, 5) is 16.0. The molecule has 0 aliphatic carbocycles. The lowest BCUT2D eigenvalue weighted by atomic mass is 10.3. The van der Waals surface area contributed by atoms with Crippen molar-refractivity contribution in [3.8, 4) is 11.5 Å². The molecule has 3 N–H and O–H groups in total. The molecule has 0 aliphatic heterocycles. The lowest BCUT2D eigenvalue weighted by molar-refractivity contribution is 0.0690. The number of nitrogens with two attached hydrogens (primary N) is 1. The van der Waals surface area contributed by atoms with Crippen molar-refractivity contribution in [2.75, 3.05) is 5.73 Å². The number of imidazole rings is 1. The Morgan fingerprint density at radius 3 is 2.65 bits per heavy atom. The van der Waals surface area contributed by atoms with Gasteiger partial charge in [-0.15, -0.1) is 0 Å². The van der Waals surface area contributed by atoms with E-state index in [9.17, 15) is 9.90 Å². The number of fused-ring (bicyclic) bond motifs is 3. The number of aromatic carboxylic acids is 1. The molecule has 2 aromatic heterocycles. The third-order valence-electron chi connectivity index (χ3n) is 3.44. The molecule has 0 radical (unpaired) electrons. The van der Waals surface area contributed by atoms with Crippen LogP contribution in [-0.4, -0.2) is 20.5 Å². The van der Waals surface area contributed by atoms with Crippen molar-refractivity contribution < 1.29 is 14.6 Å². The number of hydrogen-bond acceptors (Lipinski definition) is 5. The minimum atomic E-state index is -1.00. The number of anilines is 1. The average Bonchev–Trinajstić information content (AvgIpc) is 3.07. The van der Waals surface area contributed by atoms with Crippen LogP contribution in [0.2, 0.25) is 0 Å². The average molecular weight is 325 g/mol. The molecule has 4 rings (SSSR count). The zero-order valence-corrected chi connectivity index (χ0v) is 12.6. The van der Waals surface area contributed by atoms with E-state index in [4.69, 9.17) is 10.5 Å². The summed E-state index contributed by atoms with van der Waals surface area (Å²) in [6, 6.07) is 12.6. The van der Waals surface area contributed by atoms with Crippen LogP contribution in [-0.2, 0) is 0 Å². The van der Waals surface area contributed by atoms with Crippen LogP contribution in [0.1, 0.15) is 10.5 Å². The number of hydrogen-bond donors (Lipinski definition) is 2. The Balaban J connectivity index is 1.77. The predicted octanol–water partition coefficient (Wildman–Crippen LogP) is 3.62. The first-order valence-electron chi connectivity index (χ1n) is 6.78. The summed E-state index contributed by atoms with van der Waals surface area (Å²) < 4.78 is 8.34. The molecule has 0 fully saturated rings. The van der Waals surface area contributed by atoms with Gasteiger partial charge in [0.05, 0.1) is 16.4 Å². The first-order valence-corrected chi connectivity index (χ1v) is 7.60. The van der Waals surface area contributed by atoms with Crippen molar-refractivity contribution in [1.82, 2.24) is 9.38 Å². The Morgan fingerprint density at radius 1 is 1.17 bits per heavy atom. The van der Waals surface area contributed by atoms with E-state index in [0.717, 1.165) is 10.2 Å². The highest BCUT2D eigenvalue weighted by atomic mass is 32.1. The van der Waals surface area contributed by atoms with Gasteiger partial charge in [0.2, 0.25) is 0 Å². The second-order valence-corrected chi connectivity index (χ2v) is 5.98. The van der Waals surface area contributed by atoms with Crippen LogP contribution in [0.4, 0.5) is 5.69 Å². The number of nitrogens with zero attached hydrogens (tertiary/aromatic N) is 2. The molecule has 7 heteroatoms. The number of nitrogen functional groups attached to an aromatic ring is 1. The molecular formula is C16H11N3O3S. The molecule has 0 bridgehead atoms. The van der Waals surface area contributed by atoms with Crippen LogP contribution in [0.15, 0.2) is 48.7 Å². The van der Waals surface area contributed by atoms with Gasteiger partial charge in [0.1, 0.15) is 11.5 Å². The fourth-order valence-electron chi connectivity index (χ4n) is 2.39. The normalized spacial score (nSPS) is 11.1. The van der Waals surface area contributed by atoms with E-state index >= 15 is 0 Å². The van der Waals surface area contributed by atoms with Gasteiger partial charge in [-0.25, -0.2) is 9.78 Å². The van der Waals surface area contributed by atoms with Crippen LogP contribution in [0, 0.1) is 0 Å². The Bertz CT molecular complexity index is 1030. The molecule has 4 aromatic rings. The topological polar surface area (TPSA) is 89.9 Å². The van der Waals surface area contributed by atoms with Crippen LogP contribution < -0.4 is 10.5 Å². The third-order valence-corrected chi connectivity index (χ3v) is 4.46. The maximum atomic E-state index is 11.3. The maximum Gasteiger partial charge on any atom is 0.354 e. The zero-order chi connectivity index (χ0) is 16.0. The van der Waals surface area contributed by atoms with E-state index in [0.29, 0.717) is 22.1 Å². The number of carboxylic acids is 1. The smallest absolute Gasteiger partial charge is 0.354 e. The van der Waals surface area contributed by atoms with Crippen LogP contribution in [0.5, 0.6) is 11.5 Å². The summed E-state index contributed by atoms with van der Waals surface area (Å²) in [5, 5.41) is 9.23. The van der Waals surface area contributed by atoms with E-state index in [1.807, 2.05) is 12.1 Å². The molecule has 0 saturated heterocycles. The van der Waals surface area contributed by atoms with E-state index in [1.165, 1.54) is 17.5 Å². The quantitative estimate of drug-likeness (QED) is 0.561. The second-order valence-electron chi connectivity index (χ2n) is 4.97. The van der Waals surface area contributed by atoms with Crippen molar-refractivity contribution in [2.24, 2.45) is 0 Å². The molecular weight excluding hydrogens is 314 g/mol. The molecule has 0 unspecified atom stereocenters. The number of thiazole rings is 1. The SMILES string of the molecule is Nc1ccc(Oc2ccc3c(c2)sc2ncc(C(=O)O)n23)cc1. The van der Waals surface area contributed by atoms with Crippen LogP contribution in [0.3, 0.4) is 0 Å². The Morgan fingerprint density at radius 2 is 1.91 bits per heavy atom. The Kier molecular flexibility index (Phi) is 2.95. The van der Waals surface area contributed by atoms with Gasteiger partial charge >= 0.3 is 5.97 Å². The number of aromatic nitrogens is 2. The van der Waals surface area contributed by atoms with Crippen LogP contribution >= 0.6 is 11.3 Å². The third kappa shape index (κ3) is 2.27. The maximum absolute atomic E-state index is 11.3. The highest BCUT2D eigenvalue weighted by molar-refractivity contribution is 7.23. The van der Waals surface area contributed by atoms with Gasteiger partial charge in [-0.05, 0) is 36.4 Å². The number of rotatable bonds is 3. The number of carbonyl (C=O) groups is 1. The van der Waals surface area contributed by atoms with Crippen molar-refractivity contribution in [3.63, 3.8) is 0 Å². The minimum Gasteiger partial charge on any atom is -0.477 e. The molecule has 6 nitrogen and oxygen atoms in total. The Hall–Kier alpha value is -3.06. The molecule has 2 heterocycles. The molecule has 0 amide bonds. The summed E-state index contributed by atoms with van der Waals surface area (Å²) in [5.41, 5.74) is 7.27. The first kappa shape index (κ1) is 13.6. The monoisotopic (exact) mass is 325 g/mol. The largest absolute Gasteiger partial charge is 0.477 e. The van der Waals surface area contributed by atoms with Gasteiger partial charge in [0.25, 0.3) is 0 Å². The lowest BCUT2D eigenvalue weighted by Gasteiger charge is -2.06.